The van der Waals surface area contributed by atoms with Crippen molar-refractivity contribution in [2.75, 3.05) is 6.54 Å². The van der Waals surface area contributed by atoms with Gasteiger partial charge in [-0.3, -0.25) is 0 Å². The fourth-order valence-corrected chi connectivity index (χ4v) is 4.40. The van der Waals surface area contributed by atoms with Gasteiger partial charge in [-0.05, 0) is 59.4 Å². The van der Waals surface area contributed by atoms with E-state index in [4.69, 9.17) is 4.98 Å². The second-order valence-electron chi connectivity index (χ2n) is 6.42. The van der Waals surface area contributed by atoms with Gasteiger partial charge in [0, 0.05) is 34.8 Å². The number of nitrogens with one attached hydrogen (secondary N) is 1. The van der Waals surface area contributed by atoms with Crippen molar-refractivity contribution in [3.63, 3.8) is 0 Å². The Bertz CT molecular complexity index is 642. The van der Waals surface area contributed by atoms with Gasteiger partial charge in [0.25, 0.3) is 0 Å². The normalized spacial score (nSPS) is 15.4. The molecule has 0 aromatic carbocycles. The highest BCUT2D eigenvalue weighted by Crippen LogP contribution is 2.27. The van der Waals surface area contributed by atoms with E-state index in [0.717, 1.165) is 30.9 Å². The van der Waals surface area contributed by atoms with Crippen LogP contribution in [0.15, 0.2) is 6.20 Å². The lowest BCUT2D eigenvalue weighted by atomic mass is 10.0. The predicted molar refractivity (Wildman–Crippen MR) is 95.0 cm³/mol. The predicted octanol–water partition coefficient (Wildman–Crippen LogP) is 3.71. The van der Waals surface area contributed by atoms with Crippen molar-refractivity contribution in [2.24, 2.45) is 0 Å². The Balaban J connectivity index is 1.46. The molecule has 1 N–H and O–H groups in total. The summed E-state index contributed by atoms with van der Waals surface area (Å²) < 4.78 is 0. The summed E-state index contributed by atoms with van der Waals surface area (Å²) in [6.45, 7) is 7.17. The summed E-state index contributed by atoms with van der Waals surface area (Å²) in [7, 11) is 0. The number of nitrogens with zero attached hydrogens (tertiary/aromatic N) is 3. The average Bonchev–Trinajstić information content (AvgIpc) is 2.94. The Morgan fingerprint density at radius 1 is 1.22 bits per heavy atom. The molecule has 0 unspecified atom stereocenters. The quantitative estimate of drug-likeness (QED) is 0.820. The number of hydrogen-bond acceptors (Lipinski definition) is 5. The van der Waals surface area contributed by atoms with Crippen LogP contribution in [-0.2, 0) is 19.3 Å². The molecule has 23 heavy (non-hydrogen) atoms. The molecule has 0 amide bonds. The molecule has 0 spiro atoms. The Kier molecular flexibility index (Phi) is 5.38. The van der Waals surface area contributed by atoms with Crippen LogP contribution in [0.3, 0.4) is 0 Å². The number of aromatic nitrogens is 3. The molecule has 1 aliphatic rings. The average molecular weight is 331 g/mol. The highest BCUT2D eigenvalue weighted by atomic mass is 32.1. The third kappa shape index (κ3) is 4.15. The number of fused-ring (bicyclic) bond motifs is 1. The van der Waals surface area contributed by atoms with Crippen LogP contribution < -0.4 is 5.32 Å². The zero-order chi connectivity index (χ0) is 16.2. The molecule has 124 valence electrons. The van der Waals surface area contributed by atoms with Gasteiger partial charge in [0.05, 0.1) is 10.7 Å². The van der Waals surface area contributed by atoms with Gasteiger partial charge in [-0.2, -0.15) is 0 Å². The zero-order valence-corrected chi connectivity index (χ0v) is 15.2. The van der Waals surface area contributed by atoms with E-state index in [-0.39, 0.29) is 0 Å². The van der Waals surface area contributed by atoms with E-state index in [1.807, 2.05) is 24.5 Å². The summed E-state index contributed by atoms with van der Waals surface area (Å²) in [6.07, 6.45) is 9.25. The van der Waals surface area contributed by atoms with Gasteiger partial charge in [-0.15, -0.1) is 11.3 Å². The van der Waals surface area contributed by atoms with E-state index in [0.29, 0.717) is 6.04 Å². The van der Waals surface area contributed by atoms with Crippen molar-refractivity contribution in [3.05, 3.63) is 38.9 Å². The van der Waals surface area contributed by atoms with E-state index in [1.54, 1.807) is 4.88 Å². The summed E-state index contributed by atoms with van der Waals surface area (Å²) in [5.74, 6) is 0.839. The van der Waals surface area contributed by atoms with Gasteiger partial charge in [-0.25, -0.2) is 15.0 Å². The van der Waals surface area contributed by atoms with E-state index < -0.39 is 0 Å². The monoisotopic (exact) mass is 330 g/mol. The van der Waals surface area contributed by atoms with Crippen molar-refractivity contribution in [2.45, 2.75) is 65.3 Å². The molecule has 2 aromatic heterocycles. The molecule has 0 aliphatic heterocycles. The fraction of sp³-hybridized carbons (Fsp3) is 0.611. The van der Waals surface area contributed by atoms with Crippen molar-refractivity contribution in [3.8, 4) is 0 Å². The standard InChI is InChI=1S/C18H26N4S/c1-12(15-11-20-14(3)21-13(15)2)19-10-6-9-18-22-16-7-4-5-8-17(16)23-18/h11-12,19H,4-10H2,1-3H3/t12-/m0/s1. The second kappa shape index (κ2) is 7.49. The maximum absolute atomic E-state index is 4.82. The third-order valence-electron chi connectivity index (χ3n) is 4.51. The Hall–Kier alpha value is -1.33. The van der Waals surface area contributed by atoms with Crippen LogP contribution in [0.25, 0.3) is 0 Å². The van der Waals surface area contributed by atoms with Gasteiger partial charge in [0.2, 0.25) is 0 Å². The van der Waals surface area contributed by atoms with Crippen LogP contribution in [0.1, 0.15) is 64.9 Å². The lowest BCUT2D eigenvalue weighted by Gasteiger charge is -2.15. The topological polar surface area (TPSA) is 50.7 Å². The minimum Gasteiger partial charge on any atom is -0.310 e. The van der Waals surface area contributed by atoms with Crippen LogP contribution in [0.2, 0.25) is 0 Å². The maximum atomic E-state index is 4.82. The van der Waals surface area contributed by atoms with Crippen molar-refractivity contribution in [1.29, 1.82) is 0 Å². The minimum atomic E-state index is 0.292. The van der Waals surface area contributed by atoms with Crippen LogP contribution >= 0.6 is 11.3 Å². The van der Waals surface area contributed by atoms with Gasteiger partial charge in [-0.1, -0.05) is 0 Å². The number of aryl methyl sites for hydroxylation is 5. The molecule has 2 aromatic rings. The van der Waals surface area contributed by atoms with Gasteiger partial charge in [0.1, 0.15) is 5.82 Å². The third-order valence-corrected chi connectivity index (χ3v) is 5.73. The van der Waals surface area contributed by atoms with Crippen LogP contribution in [0.5, 0.6) is 0 Å². The molecule has 5 heteroatoms. The molecule has 0 bridgehead atoms. The first-order valence-corrected chi connectivity index (χ1v) is 9.46. The summed E-state index contributed by atoms with van der Waals surface area (Å²) in [5, 5.41) is 4.91. The SMILES string of the molecule is Cc1ncc([C@H](C)NCCCc2nc3c(s2)CCCC3)c(C)n1. The molecule has 2 heterocycles. The molecule has 1 aliphatic carbocycles. The highest BCUT2D eigenvalue weighted by molar-refractivity contribution is 7.11. The summed E-state index contributed by atoms with van der Waals surface area (Å²) in [5.41, 5.74) is 3.65. The van der Waals surface area contributed by atoms with Crippen LogP contribution in [0, 0.1) is 13.8 Å². The highest BCUT2D eigenvalue weighted by Gasteiger charge is 2.15. The molecule has 0 saturated carbocycles. The number of rotatable bonds is 6. The Labute approximate surface area is 142 Å². The molecule has 3 rings (SSSR count). The van der Waals surface area contributed by atoms with Crippen molar-refractivity contribution < 1.29 is 0 Å². The van der Waals surface area contributed by atoms with Crippen molar-refractivity contribution in [1.82, 2.24) is 20.3 Å². The first kappa shape index (κ1) is 16.5. The van der Waals surface area contributed by atoms with Crippen LogP contribution in [-0.4, -0.2) is 21.5 Å². The molecule has 0 fully saturated rings. The minimum absolute atomic E-state index is 0.292. The molecule has 0 radical (unpaired) electrons. The second-order valence-corrected chi connectivity index (χ2v) is 7.59. The smallest absolute Gasteiger partial charge is 0.125 e. The zero-order valence-electron chi connectivity index (χ0n) is 14.4. The first-order chi connectivity index (χ1) is 11.1. The van der Waals surface area contributed by atoms with Gasteiger partial charge >= 0.3 is 0 Å². The van der Waals surface area contributed by atoms with E-state index in [9.17, 15) is 0 Å². The molecule has 1 atom stereocenters. The van der Waals surface area contributed by atoms with Crippen LogP contribution in [0.4, 0.5) is 0 Å². The summed E-state index contributed by atoms with van der Waals surface area (Å²) in [6, 6.07) is 0.292. The summed E-state index contributed by atoms with van der Waals surface area (Å²) in [4.78, 5) is 15.1. The largest absolute Gasteiger partial charge is 0.310 e. The molecule has 4 nitrogen and oxygen atoms in total. The number of hydrogen-bond donors (Lipinski definition) is 1. The Morgan fingerprint density at radius 2 is 2.04 bits per heavy atom. The first-order valence-electron chi connectivity index (χ1n) is 8.64. The Morgan fingerprint density at radius 3 is 2.83 bits per heavy atom. The fourth-order valence-electron chi connectivity index (χ4n) is 3.20. The summed E-state index contributed by atoms with van der Waals surface area (Å²) >= 11 is 1.94. The van der Waals surface area contributed by atoms with E-state index in [1.165, 1.54) is 41.9 Å². The maximum Gasteiger partial charge on any atom is 0.125 e. The molecular weight excluding hydrogens is 304 g/mol. The van der Waals surface area contributed by atoms with E-state index >= 15 is 0 Å². The van der Waals surface area contributed by atoms with Gasteiger partial charge < -0.3 is 5.32 Å². The van der Waals surface area contributed by atoms with Gasteiger partial charge in [0.15, 0.2) is 0 Å². The number of thiazole rings is 1. The lowest BCUT2D eigenvalue weighted by molar-refractivity contribution is 0.551. The van der Waals surface area contributed by atoms with Crippen molar-refractivity contribution >= 4 is 11.3 Å². The molecule has 0 saturated heterocycles. The molecular formula is C18H26N4S. The van der Waals surface area contributed by atoms with E-state index in [2.05, 4.69) is 29.1 Å². The lowest BCUT2D eigenvalue weighted by Crippen LogP contribution is -2.21.